The molecule has 0 unspecified atom stereocenters. The number of nitrogens with one attached hydrogen (secondary N) is 2. The Morgan fingerprint density at radius 2 is 2.35 bits per heavy atom. The van der Waals surface area contributed by atoms with Crippen molar-refractivity contribution in [2.75, 3.05) is 31.2 Å². The topological polar surface area (TPSA) is 100 Å². The standard InChI is InChI=1S/C14H18FN3O5/c1-9(20)17-16-7-11-8-18(14(21)23-11)10-2-3-13(12(15)6-10)22-5-4-19/h2-3,6,11,16,19H,4-5,7-8H2,1H3,(H,17,20)/t11-/m0/s1. The number of carbonyl (C=O) groups excluding carboxylic acids is 2. The van der Waals surface area contributed by atoms with Crippen LogP contribution in [0.15, 0.2) is 18.2 Å². The van der Waals surface area contributed by atoms with Crippen molar-refractivity contribution in [1.82, 2.24) is 10.9 Å². The third-order valence-electron chi connectivity index (χ3n) is 3.04. The average molecular weight is 327 g/mol. The number of benzene rings is 1. The minimum absolute atomic E-state index is 0.000704. The van der Waals surface area contributed by atoms with E-state index in [0.717, 1.165) is 6.07 Å². The predicted octanol–water partition coefficient (Wildman–Crippen LogP) is 0.163. The fourth-order valence-electron chi connectivity index (χ4n) is 2.06. The van der Waals surface area contributed by atoms with Gasteiger partial charge in [-0.25, -0.2) is 14.6 Å². The third-order valence-corrected chi connectivity index (χ3v) is 3.04. The molecule has 0 aliphatic carbocycles. The first-order chi connectivity index (χ1) is 11.0. The number of hydrogen-bond donors (Lipinski definition) is 3. The Bertz CT molecular complexity index is 584. The maximum Gasteiger partial charge on any atom is 0.414 e. The Labute approximate surface area is 132 Å². The van der Waals surface area contributed by atoms with Crippen molar-refractivity contribution < 1.29 is 28.6 Å². The normalized spacial score (nSPS) is 17.1. The van der Waals surface area contributed by atoms with Crippen LogP contribution in [0.5, 0.6) is 5.75 Å². The van der Waals surface area contributed by atoms with Gasteiger partial charge in [-0.15, -0.1) is 0 Å². The van der Waals surface area contributed by atoms with Crippen molar-refractivity contribution >= 4 is 17.7 Å². The predicted molar refractivity (Wildman–Crippen MR) is 78.4 cm³/mol. The maximum atomic E-state index is 13.9. The van der Waals surface area contributed by atoms with Crippen molar-refractivity contribution in [3.05, 3.63) is 24.0 Å². The molecule has 0 spiro atoms. The van der Waals surface area contributed by atoms with Crippen LogP contribution in [0.1, 0.15) is 6.92 Å². The van der Waals surface area contributed by atoms with E-state index in [1.54, 1.807) is 0 Å². The highest BCUT2D eigenvalue weighted by molar-refractivity contribution is 5.89. The summed E-state index contributed by atoms with van der Waals surface area (Å²) in [5.74, 6) is -0.894. The zero-order valence-corrected chi connectivity index (χ0v) is 12.5. The monoisotopic (exact) mass is 327 g/mol. The molecule has 1 heterocycles. The van der Waals surface area contributed by atoms with Crippen LogP contribution in [0.4, 0.5) is 14.9 Å². The quantitative estimate of drug-likeness (QED) is 0.617. The molecule has 1 aromatic carbocycles. The number of halogens is 1. The van der Waals surface area contributed by atoms with Gasteiger partial charge >= 0.3 is 6.09 Å². The Kier molecular flexibility index (Phi) is 5.72. The van der Waals surface area contributed by atoms with Crippen molar-refractivity contribution in [2.24, 2.45) is 0 Å². The molecular weight excluding hydrogens is 309 g/mol. The van der Waals surface area contributed by atoms with Gasteiger partial charge in [0.1, 0.15) is 12.7 Å². The van der Waals surface area contributed by atoms with Gasteiger partial charge in [0.15, 0.2) is 11.6 Å². The first kappa shape index (κ1) is 17.0. The van der Waals surface area contributed by atoms with Crippen molar-refractivity contribution in [2.45, 2.75) is 13.0 Å². The highest BCUT2D eigenvalue weighted by Gasteiger charge is 2.32. The van der Waals surface area contributed by atoms with Gasteiger partial charge in [0.25, 0.3) is 0 Å². The molecule has 9 heteroatoms. The lowest BCUT2D eigenvalue weighted by atomic mass is 10.2. The number of anilines is 1. The fraction of sp³-hybridized carbons (Fsp3) is 0.429. The SMILES string of the molecule is CC(=O)NNC[C@H]1CN(c2ccc(OCCO)c(F)c2)C(=O)O1. The number of hydrogen-bond acceptors (Lipinski definition) is 6. The van der Waals surface area contributed by atoms with E-state index in [4.69, 9.17) is 14.6 Å². The molecular formula is C14H18FN3O5. The second kappa shape index (κ2) is 7.75. The molecule has 0 radical (unpaired) electrons. The Balaban J connectivity index is 1.97. The van der Waals surface area contributed by atoms with Crippen molar-refractivity contribution in [3.63, 3.8) is 0 Å². The Morgan fingerprint density at radius 1 is 1.57 bits per heavy atom. The second-order valence-electron chi connectivity index (χ2n) is 4.87. The molecule has 1 aromatic rings. The number of nitrogens with zero attached hydrogens (tertiary/aromatic N) is 1. The summed E-state index contributed by atoms with van der Waals surface area (Å²) in [4.78, 5) is 23.9. The largest absolute Gasteiger partial charge is 0.488 e. The summed E-state index contributed by atoms with van der Waals surface area (Å²) in [6, 6.07) is 4.08. The molecule has 1 atom stereocenters. The first-order valence-corrected chi connectivity index (χ1v) is 7.02. The smallest absolute Gasteiger partial charge is 0.414 e. The molecule has 0 saturated carbocycles. The molecule has 1 aliphatic rings. The molecule has 3 N–H and O–H groups in total. The summed E-state index contributed by atoms with van der Waals surface area (Å²) in [6.45, 7) is 1.58. The summed E-state index contributed by atoms with van der Waals surface area (Å²) in [7, 11) is 0. The fourth-order valence-corrected chi connectivity index (χ4v) is 2.06. The summed E-state index contributed by atoms with van der Waals surface area (Å²) < 4.78 is 24.0. The van der Waals surface area contributed by atoms with Crippen LogP contribution in [0.3, 0.4) is 0 Å². The zero-order chi connectivity index (χ0) is 16.8. The zero-order valence-electron chi connectivity index (χ0n) is 12.5. The molecule has 1 fully saturated rings. The van der Waals surface area contributed by atoms with E-state index in [1.165, 1.54) is 24.0 Å². The van der Waals surface area contributed by atoms with E-state index < -0.39 is 18.0 Å². The molecule has 0 bridgehead atoms. The molecule has 126 valence electrons. The van der Waals surface area contributed by atoms with E-state index in [1.807, 2.05) is 0 Å². The molecule has 1 aliphatic heterocycles. The van der Waals surface area contributed by atoms with Gasteiger partial charge < -0.3 is 14.6 Å². The van der Waals surface area contributed by atoms with Crippen molar-refractivity contribution in [1.29, 1.82) is 0 Å². The summed E-state index contributed by atoms with van der Waals surface area (Å²) in [5, 5.41) is 8.67. The molecule has 8 nitrogen and oxygen atoms in total. The molecule has 2 amide bonds. The van der Waals surface area contributed by atoms with Crippen LogP contribution in [0.25, 0.3) is 0 Å². The van der Waals surface area contributed by atoms with Crippen molar-refractivity contribution in [3.8, 4) is 5.75 Å². The van der Waals surface area contributed by atoms with Gasteiger partial charge in [0, 0.05) is 13.0 Å². The summed E-state index contributed by atoms with van der Waals surface area (Å²) in [5.41, 5.74) is 5.36. The maximum absolute atomic E-state index is 13.9. The molecule has 2 rings (SSSR count). The lowest BCUT2D eigenvalue weighted by Crippen LogP contribution is -2.41. The lowest BCUT2D eigenvalue weighted by Gasteiger charge is -2.14. The minimum atomic E-state index is -0.636. The molecule has 23 heavy (non-hydrogen) atoms. The highest BCUT2D eigenvalue weighted by atomic mass is 19.1. The number of carbonyl (C=O) groups is 2. The number of rotatable bonds is 7. The van der Waals surface area contributed by atoms with E-state index in [0.29, 0.717) is 5.69 Å². The Morgan fingerprint density at radius 3 is 3.00 bits per heavy atom. The third kappa shape index (κ3) is 4.54. The second-order valence-corrected chi connectivity index (χ2v) is 4.87. The van der Waals surface area contributed by atoms with Crippen LogP contribution < -0.4 is 20.5 Å². The summed E-state index contributed by atoms with van der Waals surface area (Å²) in [6.07, 6.45) is -1.06. The van der Waals surface area contributed by atoms with Crippen LogP contribution in [-0.2, 0) is 9.53 Å². The van der Waals surface area contributed by atoms with Gasteiger partial charge in [-0.2, -0.15) is 0 Å². The highest BCUT2D eigenvalue weighted by Crippen LogP contribution is 2.27. The van der Waals surface area contributed by atoms with Gasteiger partial charge in [0.2, 0.25) is 5.91 Å². The van der Waals surface area contributed by atoms with Crippen LogP contribution in [0, 0.1) is 5.82 Å². The lowest BCUT2D eigenvalue weighted by molar-refractivity contribution is -0.120. The van der Waals surface area contributed by atoms with E-state index >= 15 is 0 Å². The van der Waals surface area contributed by atoms with Crippen LogP contribution >= 0.6 is 0 Å². The molecule has 0 aromatic heterocycles. The molecule has 1 saturated heterocycles. The van der Waals surface area contributed by atoms with Gasteiger partial charge in [-0.3, -0.25) is 15.1 Å². The number of aliphatic hydroxyl groups excluding tert-OH is 1. The number of hydrazine groups is 1. The average Bonchev–Trinajstić information content (AvgIpc) is 2.86. The number of cyclic esters (lactones) is 1. The first-order valence-electron chi connectivity index (χ1n) is 7.02. The minimum Gasteiger partial charge on any atom is -0.488 e. The van der Waals surface area contributed by atoms with E-state index in [2.05, 4.69) is 10.9 Å². The van der Waals surface area contributed by atoms with E-state index in [9.17, 15) is 14.0 Å². The Hall–Kier alpha value is -2.39. The number of ether oxygens (including phenoxy) is 2. The number of amides is 2. The number of aliphatic hydroxyl groups is 1. The van der Waals surface area contributed by atoms with E-state index in [-0.39, 0.29) is 38.0 Å². The van der Waals surface area contributed by atoms with Crippen LogP contribution in [0.2, 0.25) is 0 Å². The van der Waals surface area contributed by atoms with Crippen LogP contribution in [-0.4, -0.2) is 49.5 Å². The van der Waals surface area contributed by atoms with Gasteiger partial charge in [-0.05, 0) is 12.1 Å². The van der Waals surface area contributed by atoms with Gasteiger partial charge in [0.05, 0.1) is 25.4 Å². The van der Waals surface area contributed by atoms with Gasteiger partial charge in [-0.1, -0.05) is 0 Å². The summed E-state index contributed by atoms with van der Waals surface area (Å²) >= 11 is 0.